The Morgan fingerprint density at radius 2 is 2.19 bits per heavy atom. The average molecular weight is 293 g/mol. The zero-order valence-electron chi connectivity index (χ0n) is 13.3. The van der Waals surface area contributed by atoms with Gasteiger partial charge in [-0.2, -0.15) is 0 Å². The number of aromatic nitrogens is 1. The third-order valence-electron chi connectivity index (χ3n) is 4.23. The van der Waals surface area contributed by atoms with Gasteiger partial charge in [0, 0.05) is 6.04 Å². The molecule has 3 atom stereocenters. The number of rotatable bonds is 5. The second-order valence-corrected chi connectivity index (χ2v) is 6.65. The van der Waals surface area contributed by atoms with Crippen LogP contribution >= 0.6 is 0 Å². The monoisotopic (exact) mass is 293 g/mol. The van der Waals surface area contributed by atoms with Crippen molar-refractivity contribution in [2.45, 2.75) is 65.0 Å². The van der Waals surface area contributed by atoms with Gasteiger partial charge in [-0.1, -0.05) is 33.6 Å². The number of nitrogens with two attached hydrogens (primary N) is 1. The molecule has 1 heterocycles. The van der Waals surface area contributed by atoms with Crippen molar-refractivity contribution in [1.29, 1.82) is 0 Å². The number of hydrogen-bond donors (Lipinski definition) is 2. The summed E-state index contributed by atoms with van der Waals surface area (Å²) in [6.45, 7) is 6.39. The first-order valence-electron chi connectivity index (χ1n) is 7.99. The maximum atomic E-state index is 12.2. The Morgan fingerprint density at radius 3 is 2.86 bits per heavy atom. The van der Waals surface area contributed by atoms with Gasteiger partial charge in [-0.15, -0.1) is 0 Å². The lowest BCUT2D eigenvalue weighted by Crippen LogP contribution is -2.41. The van der Waals surface area contributed by atoms with Crippen LogP contribution in [0.4, 0.5) is 0 Å². The minimum absolute atomic E-state index is 0.152. The molecule has 2 rings (SSSR count). The molecule has 5 heteroatoms. The first-order valence-corrected chi connectivity index (χ1v) is 7.99. The second kappa shape index (κ2) is 7.07. The predicted octanol–water partition coefficient (Wildman–Crippen LogP) is 3.03. The molecule has 1 aliphatic carbocycles. The van der Waals surface area contributed by atoms with E-state index in [1.165, 1.54) is 25.5 Å². The van der Waals surface area contributed by atoms with E-state index in [1.54, 1.807) is 0 Å². The Labute approximate surface area is 126 Å². The van der Waals surface area contributed by atoms with Gasteiger partial charge >= 0.3 is 0 Å². The van der Waals surface area contributed by atoms with E-state index in [1.807, 2.05) is 0 Å². The van der Waals surface area contributed by atoms with Gasteiger partial charge in [0.1, 0.15) is 6.26 Å². The Morgan fingerprint density at radius 1 is 1.48 bits per heavy atom. The molecule has 0 aromatic carbocycles. The molecule has 118 valence electrons. The van der Waals surface area contributed by atoms with Crippen molar-refractivity contribution in [3.63, 3.8) is 0 Å². The smallest absolute Gasteiger partial charge is 0.273 e. The molecule has 3 unspecified atom stereocenters. The van der Waals surface area contributed by atoms with Crippen LogP contribution in [0, 0.1) is 11.8 Å². The highest BCUT2D eigenvalue weighted by atomic mass is 16.3. The number of oxazole rings is 1. The topological polar surface area (TPSA) is 81.1 Å². The average Bonchev–Trinajstić information content (AvgIpc) is 2.90. The number of nitrogens with one attached hydrogen (secondary N) is 1. The van der Waals surface area contributed by atoms with Crippen LogP contribution in [0.3, 0.4) is 0 Å². The molecular formula is C16H27N3O2. The quantitative estimate of drug-likeness (QED) is 0.874. The fourth-order valence-corrected chi connectivity index (χ4v) is 2.94. The van der Waals surface area contributed by atoms with Crippen LogP contribution < -0.4 is 11.1 Å². The molecule has 0 bridgehead atoms. The van der Waals surface area contributed by atoms with Gasteiger partial charge in [-0.3, -0.25) is 4.79 Å². The highest BCUT2D eigenvalue weighted by molar-refractivity contribution is 5.92. The Balaban J connectivity index is 1.95. The SMILES string of the molecule is CC(C)CC(N)c1nc(C(=O)NC2CCCCC2C)co1. The molecule has 0 spiro atoms. The fraction of sp³-hybridized carbons (Fsp3) is 0.750. The molecule has 1 fully saturated rings. The maximum Gasteiger partial charge on any atom is 0.273 e. The van der Waals surface area contributed by atoms with Gasteiger partial charge in [-0.05, 0) is 31.1 Å². The summed E-state index contributed by atoms with van der Waals surface area (Å²) in [6, 6.07) is -0.00380. The van der Waals surface area contributed by atoms with Crippen molar-refractivity contribution < 1.29 is 9.21 Å². The van der Waals surface area contributed by atoms with Crippen LogP contribution in [-0.4, -0.2) is 16.9 Å². The Kier molecular flexibility index (Phi) is 5.39. The third kappa shape index (κ3) is 4.30. The minimum Gasteiger partial charge on any atom is -0.446 e. The molecule has 0 saturated heterocycles. The number of amides is 1. The van der Waals surface area contributed by atoms with Gasteiger partial charge in [0.25, 0.3) is 5.91 Å². The fourth-order valence-electron chi connectivity index (χ4n) is 2.94. The van der Waals surface area contributed by atoms with E-state index in [-0.39, 0.29) is 18.0 Å². The van der Waals surface area contributed by atoms with Gasteiger partial charge in [0.2, 0.25) is 5.89 Å². The van der Waals surface area contributed by atoms with Gasteiger partial charge in [0.05, 0.1) is 6.04 Å². The number of hydrogen-bond acceptors (Lipinski definition) is 4. The molecule has 21 heavy (non-hydrogen) atoms. The van der Waals surface area contributed by atoms with Gasteiger partial charge in [0.15, 0.2) is 5.69 Å². The van der Waals surface area contributed by atoms with Crippen molar-refractivity contribution in [3.8, 4) is 0 Å². The molecule has 0 radical (unpaired) electrons. The van der Waals surface area contributed by atoms with E-state index in [0.29, 0.717) is 23.4 Å². The summed E-state index contributed by atoms with van der Waals surface area (Å²) in [7, 11) is 0. The van der Waals surface area contributed by atoms with E-state index < -0.39 is 0 Å². The number of carbonyl (C=O) groups is 1. The highest BCUT2D eigenvalue weighted by Gasteiger charge is 2.25. The third-order valence-corrected chi connectivity index (χ3v) is 4.23. The van der Waals surface area contributed by atoms with Crippen molar-refractivity contribution >= 4 is 5.91 Å². The Hall–Kier alpha value is -1.36. The summed E-state index contributed by atoms with van der Waals surface area (Å²) >= 11 is 0. The molecule has 1 aromatic rings. The summed E-state index contributed by atoms with van der Waals surface area (Å²) in [5, 5.41) is 3.08. The largest absolute Gasteiger partial charge is 0.446 e. The van der Waals surface area contributed by atoms with Crippen molar-refractivity contribution in [2.24, 2.45) is 17.6 Å². The van der Waals surface area contributed by atoms with Crippen LogP contribution in [0.1, 0.15) is 75.3 Å². The number of nitrogens with zero attached hydrogens (tertiary/aromatic N) is 1. The molecule has 5 nitrogen and oxygen atoms in total. The second-order valence-electron chi connectivity index (χ2n) is 6.65. The minimum atomic E-state index is -0.250. The summed E-state index contributed by atoms with van der Waals surface area (Å²) in [5.74, 6) is 1.29. The van der Waals surface area contributed by atoms with Crippen LogP contribution in [0.2, 0.25) is 0 Å². The number of carbonyl (C=O) groups excluding carboxylic acids is 1. The lowest BCUT2D eigenvalue weighted by atomic mass is 9.86. The van der Waals surface area contributed by atoms with E-state index >= 15 is 0 Å². The molecule has 1 aromatic heterocycles. The van der Waals surface area contributed by atoms with Crippen molar-refractivity contribution in [3.05, 3.63) is 17.8 Å². The summed E-state index contributed by atoms with van der Waals surface area (Å²) in [6.07, 6.45) is 6.86. The van der Waals surface area contributed by atoms with E-state index in [0.717, 1.165) is 12.8 Å². The van der Waals surface area contributed by atoms with E-state index in [4.69, 9.17) is 10.2 Å². The van der Waals surface area contributed by atoms with Crippen molar-refractivity contribution in [1.82, 2.24) is 10.3 Å². The zero-order valence-corrected chi connectivity index (χ0v) is 13.3. The summed E-state index contributed by atoms with van der Waals surface area (Å²) in [4.78, 5) is 16.5. The first kappa shape index (κ1) is 16.0. The molecule has 0 aliphatic heterocycles. The van der Waals surface area contributed by atoms with E-state index in [9.17, 15) is 4.79 Å². The zero-order chi connectivity index (χ0) is 15.4. The van der Waals surface area contributed by atoms with Crippen LogP contribution in [-0.2, 0) is 0 Å². The van der Waals surface area contributed by atoms with Crippen molar-refractivity contribution in [2.75, 3.05) is 0 Å². The molecule has 1 saturated carbocycles. The lowest BCUT2D eigenvalue weighted by molar-refractivity contribution is 0.0905. The molecule has 3 N–H and O–H groups in total. The van der Waals surface area contributed by atoms with Gasteiger partial charge in [-0.25, -0.2) is 4.98 Å². The molecule has 1 amide bonds. The first-order chi connectivity index (χ1) is 9.97. The lowest BCUT2D eigenvalue weighted by Gasteiger charge is -2.29. The summed E-state index contributed by atoms with van der Waals surface area (Å²) in [5.41, 5.74) is 6.36. The highest BCUT2D eigenvalue weighted by Crippen LogP contribution is 2.24. The van der Waals surface area contributed by atoms with Gasteiger partial charge < -0.3 is 15.5 Å². The van der Waals surface area contributed by atoms with Crippen LogP contribution in [0.15, 0.2) is 10.7 Å². The molecular weight excluding hydrogens is 266 g/mol. The normalized spacial score (nSPS) is 24.0. The van der Waals surface area contributed by atoms with Crippen LogP contribution in [0.5, 0.6) is 0 Å². The van der Waals surface area contributed by atoms with E-state index in [2.05, 4.69) is 31.1 Å². The Bertz CT molecular complexity index is 470. The maximum absolute atomic E-state index is 12.2. The predicted molar refractivity (Wildman–Crippen MR) is 81.8 cm³/mol. The standard InChI is InChI=1S/C16H27N3O2/c1-10(2)8-12(17)16-19-14(9-21-16)15(20)18-13-7-5-4-6-11(13)3/h9-13H,4-8,17H2,1-3H3,(H,18,20). The summed E-state index contributed by atoms with van der Waals surface area (Å²) < 4.78 is 5.37. The molecule has 1 aliphatic rings. The van der Waals surface area contributed by atoms with Crippen LogP contribution in [0.25, 0.3) is 0 Å².